The quantitative estimate of drug-likeness (QED) is 0.549. The molecular formula is C16H19F3O2. The lowest BCUT2D eigenvalue weighted by Crippen LogP contribution is -2.20. The molecule has 3 atom stereocenters. The van der Waals surface area contributed by atoms with Crippen molar-refractivity contribution in [3.8, 4) is 12.3 Å². The van der Waals surface area contributed by atoms with Crippen molar-refractivity contribution in [3.63, 3.8) is 0 Å². The fourth-order valence-electron chi connectivity index (χ4n) is 2.35. The summed E-state index contributed by atoms with van der Waals surface area (Å²) >= 11 is 0. The van der Waals surface area contributed by atoms with Gasteiger partial charge < -0.3 is 4.74 Å². The van der Waals surface area contributed by atoms with E-state index in [2.05, 4.69) is 0 Å². The van der Waals surface area contributed by atoms with Gasteiger partial charge in [-0.2, -0.15) is 0 Å². The average molecular weight is 300 g/mol. The average Bonchev–Trinajstić information content (AvgIpc) is 2.93. The minimum Gasteiger partial charge on any atom is -0.441 e. The van der Waals surface area contributed by atoms with Crippen molar-refractivity contribution in [2.45, 2.75) is 33.3 Å². The fourth-order valence-corrected chi connectivity index (χ4v) is 2.35. The van der Waals surface area contributed by atoms with Crippen LogP contribution >= 0.6 is 0 Å². The molecule has 0 radical (unpaired) electrons. The van der Waals surface area contributed by atoms with E-state index in [9.17, 15) is 18.0 Å². The second kappa shape index (κ2) is 6.84. The van der Waals surface area contributed by atoms with Crippen LogP contribution in [0.3, 0.4) is 0 Å². The molecule has 0 aromatic rings. The number of hydrogen-bond acceptors (Lipinski definition) is 2. The van der Waals surface area contributed by atoms with E-state index in [1.807, 2.05) is 5.92 Å². The molecule has 0 aromatic carbocycles. The third kappa shape index (κ3) is 4.13. The molecule has 0 spiro atoms. The lowest BCUT2D eigenvalue weighted by atomic mass is 10.1. The molecule has 0 aromatic heterocycles. The smallest absolute Gasteiger partial charge is 0.311 e. The Hall–Kier alpha value is -1.70. The van der Waals surface area contributed by atoms with Gasteiger partial charge in [0.15, 0.2) is 0 Å². The van der Waals surface area contributed by atoms with Crippen molar-refractivity contribution in [1.82, 2.24) is 0 Å². The molecule has 0 N–H and O–H groups in total. The van der Waals surface area contributed by atoms with Crippen LogP contribution in [0.5, 0.6) is 0 Å². The predicted molar refractivity (Wildman–Crippen MR) is 74.1 cm³/mol. The first-order chi connectivity index (χ1) is 9.75. The summed E-state index contributed by atoms with van der Waals surface area (Å²) in [5.41, 5.74) is -0.456. The van der Waals surface area contributed by atoms with Crippen LogP contribution in [-0.2, 0) is 9.53 Å². The SMILES string of the molecule is C#CC(OC(=O)C1C(C=C(C)F)C1(C)C)C(F)=CCCF. The lowest BCUT2D eigenvalue weighted by molar-refractivity contribution is -0.148. The molecular weight excluding hydrogens is 281 g/mol. The summed E-state index contributed by atoms with van der Waals surface area (Å²) in [5.74, 6) is -0.773. The summed E-state index contributed by atoms with van der Waals surface area (Å²) in [6, 6.07) is 0. The Morgan fingerprint density at radius 2 is 2.10 bits per heavy atom. The van der Waals surface area contributed by atoms with Gasteiger partial charge >= 0.3 is 5.97 Å². The van der Waals surface area contributed by atoms with Crippen LogP contribution in [0, 0.1) is 29.6 Å². The van der Waals surface area contributed by atoms with E-state index in [4.69, 9.17) is 11.2 Å². The van der Waals surface area contributed by atoms with Gasteiger partial charge in [0.2, 0.25) is 6.10 Å². The number of terminal acetylenes is 1. The van der Waals surface area contributed by atoms with Crippen LogP contribution in [0.1, 0.15) is 27.2 Å². The maximum absolute atomic E-state index is 13.6. The van der Waals surface area contributed by atoms with Gasteiger partial charge in [-0.05, 0) is 36.8 Å². The summed E-state index contributed by atoms with van der Waals surface area (Å²) in [4.78, 5) is 12.0. The maximum Gasteiger partial charge on any atom is 0.311 e. The van der Waals surface area contributed by atoms with Crippen LogP contribution in [0.25, 0.3) is 0 Å². The molecule has 1 fully saturated rings. The number of rotatable bonds is 6. The van der Waals surface area contributed by atoms with Gasteiger partial charge in [0.25, 0.3) is 0 Å². The monoisotopic (exact) mass is 300 g/mol. The number of alkyl halides is 1. The zero-order chi connectivity index (χ0) is 16.2. The topological polar surface area (TPSA) is 26.3 Å². The van der Waals surface area contributed by atoms with Crippen molar-refractivity contribution in [2.75, 3.05) is 6.67 Å². The van der Waals surface area contributed by atoms with Crippen molar-refractivity contribution < 1.29 is 22.7 Å². The highest BCUT2D eigenvalue weighted by atomic mass is 19.1. The van der Waals surface area contributed by atoms with E-state index in [0.717, 1.165) is 6.08 Å². The summed E-state index contributed by atoms with van der Waals surface area (Å²) in [7, 11) is 0. The van der Waals surface area contributed by atoms with E-state index in [1.54, 1.807) is 13.8 Å². The largest absolute Gasteiger partial charge is 0.441 e. The van der Waals surface area contributed by atoms with Gasteiger partial charge in [0, 0.05) is 0 Å². The fraction of sp³-hybridized carbons (Fsp3) is 0.562. The zero-order valence-electron chi connectivity index (χ0n) is 12.3. The summed E-state index contributed by atoms with van der Waals surface area (Å²) in [5, 5.41) is 0. The Balaban J connectivity index is 2.73. The first-order valence-corrected chi connectivity index (χ1v) is 6.67. The van der Waals surface area contributed by atoms with Crippen LogP contribution in [0.2, 0.25) is 0 Å². The molecule has 0 saturated heterocycles. The van der Waals surface area contributed by atoms with Crippen molar-refractivity contribution in [1.29, 1.82) is 0 Å². The van der Waals surface area contributed by atoms with Crippen molar-refractivity contribution in [3.05, 3.63) is 23.8 Å². The second-order valence-electron chi connectivity index (χ2n) is 5.63. The number of esters is 1. The molecule has 0 amide bonds. The normalized spacial score (nSPS) is 26.0. The number of carbonyl (C=O) groups is 1. The first-order valence-electron chi connectivity index (χ1n) is 6.67. The molecule has 0 aliphatic heterocycles. The van der Waals surface area contributed by atoms with Crippen LogP contribution < -0.4 is 0 Å². The summed E-state index contributed by atoms with van der Waals surface area (Å²) in [6.45, 7) is 4.16. The Kier molecular flexibility index (Phi) is 5.65. The molecule has 1 saturated carbocycles. The third-order valence-corrected chi connectivity index (χ3v) is 3.66. The molecule has 0 bridgehead atoms. The molecule has 0 heterocycles. The summed E-state index contributed by atoms with van der Waals surface area (Å²) in [6.07, 6.45) is 5.84. The van der Waals surface area contributed by atoms with Gasteiger partial charge in [-0.15, -0.1) is 6.42 Å². The second-order valence-corrected chi connectivity index (χ2v) is 5.63. The first kappa shape index (κ1) is 17.4. The zero-order valence-corrected chi connectivity index (χ0v) is 12.3. The molecule has 2 nitrogen and oxygen atoms in total. The van der Waals surface area contributed by atoms with Gasteiger partial charge in [0.1, 0.15) is 5.83 Å². The van der Waals surface area contributed by atoms with Crippen LogP contribution in [-0.4, -0.2) is 18.7 Å². The Labute approximate surface area is 123 Å². The Morgan fingerprint density at radius 3 is 2.57 bits per heavy atom. The molecule has 5 heteroatoms. The minimum absolute atomic E-state index is 0.136. The predicted octanol–water partition coefficient (Wildman–Crippen LogP) is 3.89. The number of hydrogen-bond donors (Lipinski definition) is 0. The highest BCUT2D eigenvalue weighted by molar-refractivity contribution is 5.78. The maximum atomic E-state index is 13.6. The van der Waals surface area contributed by atoms with Crippen LogP contribution in [0.4, 0.5) is 13.2 Å². The Morgan fingerprint density at radius 1 is 1.48 bits per heavy atom. The van der Waals surface area contributed by atoms with Crippen molar-refractivity contribution >= 4 is 5.97 Å². The summed E-state index contributed by atoms with van der Waals surface area (Å²) < 4.78 is 43.5. The van der Waals surface area contributed by atoms with E-state index >= 15 is 0 Å². The van der Waals surface area contributed by atoms with Crippen molar-refractivity contribution in [2.24, 2.45) is 17.3 Å². The van der Waals surface area contributed by atoms with Gasteiger partial charge in [0.05, 0.1) is 18.4 Å². The molecule has 1 rings (SSSR count). The Bertz CT molecular complexity index is 496. The molecule has 116 valence electrons. The van der Waals surface area contributed by atoms with E-state index in [-0.39, 0.29) is 18.2 Å². The van der Waals surface area contributed by atoms with Gasteiger partial charge in [-0.1, -0.05) is 19.8 Å². The molecule has 1 aliphatic carbocycles. The number of allylic oxidation sites excluding steroid dienone is 3. The molecule has 3 unspecified atom stereocenters. The lowest BCUT2D eigenvalue weighted by Gasteiger charge is -2.11. The highest BCUT2D eigenvalue weighted by Crippen LogP contribution is 2.60. The number of carbonyl (C=O) groups excluding carboxylic acids is 1. The highest BCUT2D eigenvalue weighted by Gasteiger charge is 2.62. The standard InChI is InChI=1S/C16H19F3O2/c1-5-13(12(19)7-6-8-17)21-15(20)14-11(9-10(2)18)16(14,3)4/h1,7,9,11,13-14H,6,8H2,2-4H3. The number of ether oxygens (including phenoxy) is 1. The van der Waals surface area contributed by atoms with E-state index in [1.165, 1.54) is 13.0 Å². The van der Waals surface area contributed by atoms with E-state index in [0.29, 0.717) is 0 Å². The number of halogens is 3. The third-order valence-electron chi connectivity index (χ3n) is 3.66. The molecule has 21 heavy (non-hydrogen) atoms. The van der Waals surface area contributed by atoms with Gasteiger partial charge in [-0.3, -0.25) is 9.18 Å². The van der Waals surface area contributed by atoms with Crippen LogP contribution in [0.15, 0.2) is 23.8 Å². The minimum atomic E-state index is -1.46. The van der Waals surface area contributed by atoms with Gasteiger partial charge in [-0.25, -0.2) is 8.78 Å². The molecule has 1 aliphatic rings. The van der Waals surface area contributed by atoms with E-state index < -0.39 is 35.9 Å².